The molecule has 9 nitrogen and oxygen atoms in total. The summed E-state index contributed by atoms with van der Waals surface area (Å²) in [5.74, 6) is -0.795. The number of likely N-dealkylation sites (N-methyl/N-ethyl adjacent to an activating group) is 1. The molecule has 1 aliphatic rings. The third-order valence-corrected chi connectivity index (χ3v) is 9.93. The van der Waals surface area contributed by atoms with E-state index in [1.54, 1.807) is 0 Å². The van der Waals surface area contributed by atoms with Crippen LogP contribution < -0.4 is 5.32 Å². The number of aliphatic carboxylic acids is 1. The fourth-order valence-electron chi connectivity index (χ4n) is 6.66. The molecule has 1 heterocycles. The van der Waals surface area contributed by atoms with Gasteiger partial charge in [0.15, 0.2) is 6.29 Å². The summed E-state index contributed by atoms with van der Waals surface area (Å²) in [6, 6.07) is 33.6. The van der Waals surface area contributed by atoms with Crippen LogP contribution >= 0.6 is 0 Å². The number of amides is 1. The van der Waals surface area contributed by atoms with Crippen molar-refractivity contribution < 1.29 is 34.4 Å². The van der Waals surface area contributed by atoms with Crippen molar-refractivity contribution in [2.24, 2.45) is 0 Å². The Bertz CT molecular complexity index is 1700. The van der Waals surface area contributed by atoms with Crippen LogP contribution in [0.5, 0.6) is 0 Å². The van der Waals surface area contributed by atoms with Crippen molar-refractivity contribution in [2.45, 2.75) is 95.7 Å². The standard InChI is InChI=1S/C43H52N2O7/c1-30(42(50)34-12-6-5-7-13-34)45(2)28-37-26-39(33-20-18-31(29-46)19-21-33)52-43(51-37)35-24-22-32(23-25-35)38-15-11-10-14-36(38)27-44-40(47)16-8-3-4-9-17-41(48)49/h5-7,10-15,18-25,30,37,39,42-43,46,50H,3-4,8-9,16-17,26-29H2,1-2H3,(H,44,47)(H,48,49)/t30-,37+,39-,42-,43-/m0/s1. The molecule has 1 amide bonds. The molecule has 4 N–H and O–H groups in total. The maximum atomic E-state index is 12.6. The summed E-state index contributed by atoms with van der Waals surface area (Å²) in [4.78, 5) is 25.4. The first-order valence-electron chi connectivity index (χ1n) is 18.3. The molecule has 9 heteroatoms. The van der Waals surface area contributed by atoms with E-state index >= 15 is 0 Å². The van der Waals surface area contributed by atoms with E-state index in [9.17, 15) is 19.8 Å². The number of hydrogen-bond donors (Lipinski definition) is 4. The quantitative estimate of drug-likeness (QED) is 0.0784. The Balaban J connectivity index is 1.25. The van der Waals surface area contributed by atoms with Crippen molar-refractivity contribution in [1.82, 2.24) is 10.2 Å². The van der Waals surface area contributed by atoms with Crippen LogP contribution in [0, 0.1) is 0 Å². The second-order valence-electron chi connectivity index (χ2n) is 13.7. The highest BCUT2D eigenvalue weighted by atomic mass is 16.7. The molecule has 1 fully saturated rings. The van der Waals surface area contributed by atoms with Crippen molar-refractivity contribution in [2.75, 3.05) is 13.6 Å². The average Bonchev–Trinajstić information content (AvgIpc) is 3.18. The summed E-state index contributed by atoms with van der Waals surface area (Å²) in [6.45, 7) is 3.01. The third-order valence-electron chi connectivity index (χ3n) is 9.93. The van der Waals surface area contributed by atoms with Crippen molar-refractivity contribution in [3.05, 3.63) is 131 Å². The third kappa shape index (κ3) is 11.1. The zero-order valence-electron chi connectivity index (χ0n) is 30.2. The molecule has 276 valence electrons. The molecule has 52 heavy (non-hydrogen) atoms. The highest BCUT2D eigenvalue weighted by Crippen LogP contribution is 2.39. The van der Waals surface area contributed by atoms with Crippen LogP contribution in [-0.2, 0) is 32.2 Å². The molecule has 5 rings (SSSR count). The van der Waals surface area contributed by atoms with Gasteiger partial charge in [0.1, 0.15) is 0 Å². The summed E-state index contributed by atoms with van der Waals surface area (Å²) in [5.41, 5.74) is 6.67. The molecule has 0 unspecified atom stereocenters. The van der Waals surface area contributed by atoms with E-state index in [2.05, 4.69) is 28.4 Å². The second kappa shape index (κ2) is 19.5. The normalized spacial score (nSPS) is 18.5. The van der Waals surface area contributed by atoms with E-state index in [1.807, 2.05) is 98.9 Å². The molecule has 4 aromatic rings. The van der Waals surface area contributed by atoms with Gasteiger partial charge in [-0.15, -0.1) is 0 Å². The number of carboxylic acids is 1. The van der Waals surface area contributed by atoms with Gasteiger partial charge in [-0.25, -0.2) is 0 Å². The van der Waals surface area contributed by atoms with Gasteiger partial charge in [-0.1, -0.05) is 116 Å². The van der Waals surface area contributed by atoms with E-state index in [0.717, 1.165) is 58.2 Å². The lowest BCUT2D eigenvalue weighted by Crippen LogP contribution is -2.43. The van der Waals surface area contributed by atoms with Gasteiger partial charge < -0.3 is 30.1 Å². The lowest BCUT2D eigenvalue weighted by atomic mass is 9.97. The summed E-state index contributed by atoms with van der Waals surface area (Å²) >= 11 is 0. The van der Waals surface area contributed by atoms with Crippen molar-refractivity contribution >= 4 is 11.9 Å². The van der Waals surface area contributed by atoms with Gasteiger partial charge in [-0.2, -0.15) is 0 Å². The van der Waals surface area contributed by atoms with Gasteiger partial charge in [0, 0.05) is 44.0 Å². The maximum Gasteiger partial charge on any atom is 0.303 e. The Labute approximate surface area is 307 Å². The molecule has 1 saturated heterocycles. The molecule has 0 spiro atoms. The van der Waals surface area contributed by atoms with Gasteiger partial charge in [-0.3, -0.25) is 14.5 Å². The minimum Gasteiger partial charge on any atom is -0.481 e. The number of aliphatic hydroxyl groups is 2. The Morgan fingerprint density at radius 3 is 2.17 bits per heavy atom. The zero-order valence-corrected chi connectivity index (χ0v) is 30.2. The van der Waals surface area contributed by atoms with Crippen LogP contribution in [0.4, 0.5) is 0 Å². The SMILES string of the molecule is C[C@@H]([C@H](O)c1ccccc1)N(C)C[C@H]1C[C@@H](c2ccc(CO)cc2)O[C@@H](c2ccc(-c3ccccc3CNC(=O)CCCCCCC(=O)O)cc2)O1. The fraction of sp³-hybridized carbons (Fsp3) is 0.395. The van der Waals surface area contributed by atoms with Crippen LogP contribution in [0.25, 0.3) is 11.1 Å². The topological polar surface area (TPSA) is 129 Å². The van der Waals surface area contributed by atoms with Crippen LogP contribution in [0.3, 0.4) is 0 Å². The molecule has 1 aliphatic heterocycles. The minimum absolute atomic E-state index is 0.0142. The van der Waals surface area contributed by atoms with E-state index in [-0.39, 0.29) is 37.2 Å². The first-order chi connectivity index (χ1) is 25.2. The first-order valence-corrected chi connectivity index (χ1v) is 18.3. The van der Waals surface area contributed by atoms with Crippen LogP contribution in [0.2, 0.25) is 0 Å². The Hall–Kier alpha value is -4.38. The van der Waals surface area contributed by atoms with Crippen molar-refractivity contribution in [1.29, 1.82) is 0 Å². The van der Waals surface area contributed by atoms with E-state index in [1.165, 1.54) is 0 Å². The molecule has 0 bridgehead atoms. The molecular weight excluding hydrogens is 656 g/mol. The molecule has 0 radical (unpaired) electrons. The van der Waals surface area contributed by atoms with E-state index < -0.39 is 18.4 Å². The number of unbranched alkanes of at least 4 members (excludes halogenated alkanes) is 3. The number of nitrogens with zero attached hydrogens (tertiary/aromatic N) is 1. The van der Waals surface area contributed by atoms with Gasteiger partial charge in [0.05, 0.1) is 24.9 Å². The second-order valence-corrected chi connectivity index (χ2v) is 13.7. The van der Waals surface area contributed by atoms with Gasteiger partial charge in [-0.05, 0) is 60.2 Å². The van der Waals surface area contributed by atoms with Crippen molar-refractivity contribution in [3.63, 3.8) is 0 Å². The Morgan fingerprint density at radius 2 is 1.48 bits per heavy atom. The van der Waals surface area contributed by atoms with E-state index in [0.29, 0.717) is 32.4 Å². The molecule has 0 aromatic heterocycles. The summed E-state index contributed by atoms with van der Waals surface area (Å²) < 4.78 is 13.2. The number of benzene rings is 4. The number of hydrogen-bond acceptors (Lipinski definition) is 7. The highest BCUT2D eigenvalue weighted by molar-refractivity contribution is 5.76. The predicted molar refractivity (Wildman–Crippen MR) is 201 cm³/mol. The molecule has 0 aliphatic carbocycles. The number of carbonyl (C=O) groups excluding carboxylic acids is 1. The number of carboxylic acid groups (broad SMARTS) is 1. The number of aliphatic hydroxyl groups excluding tert-OH is 2. The molecular formula is C43H52N2O7. The van der Waals surface area contributed by atoms with Gasteiger partial charge >= 0.3 is 5.97 Å². The van der Waals surface area contributed by atoms with E-state index in [4.69, 9.17) is 14.6 Å². The number of ether oxygens (including phenoxy) is 2. The number of rotatable bonds is 18. The summed E-state index contributed by atoms with van der Waals surface area (Å²) in [6.07, 6.45) is 2.58. The predicted octanol–water partition coefficient (Wildman–Crippen LogP) is 7.49. The lowest BCUT2D eigenvalue weighted by molar-refractivity contribution is -0.253. The highest BCUT2D eigenvalue weighted by Gasteiger charge is 2.34. The van der Waals surface area contributed by atoms with Crippen LogP contribution in [-0.4, -0.2) is 57.8 Å². The lowest BCUT2D eigenvalue weighted by Gasteiger charge is -2.39. The molecule has 5 atom stereocenters. The largest absolute Gasteiger partial charge is 0.481 e. The Morgan fingerprint density at radius 1 is 0.827 bits per heavy atom. The first kappa shape index (κ1) is 38.8. The number of nitrogens with one attached hydrogen (secondary N) is 1. The minimum atomic E-state index is -0.781. The monoisotopic (exact) mass is 708 g/mol. The molecule has 4 aromatic carbocycles. The summed E-state index contributed by atoms with van der Waals surface area (Å²) in [7, 11) is 2.01. The van der Waals surface area contributed by atoms with Crippen molar-refractivity contribution in [3.8, 4) is 11.1 Å². The maximum absolute atomic E-state index is 12.6. The zero-order chi connectivity index (χ0) is 36.9. The van der Waals surface area contributed by atoms with Gasteiger partial charge in [0.25, 0.3) is 0 Å². The Kier molecular flexibility index (Phi) is 14.5. The van der Waals surface area contributed by atoms with Crippen LogP contribution in [0.15, 0.2) is 103 Å². The average molecular weight is 709 g/mol. The molecule has 0 saturated carbocycles. The van der Waals surface area contributed by atoms with Gasteiger partial charge in [0.2, 0.25) is 5.91 Å². The summed E-state index contributed by atoms with van der Waals surface area (Å²) in [5, 5.41) is 32.5. The smallest absolute Gasteiger partial charge is 0.303 e. The number of carbonyl (C=O) groups is 2. The van der Waals surface area contributed by atoms with Crippen LogP contribution in [0.1, 0.15) is 98.2 Å². The fourth-order valence-corrected chi connectivity index (χ4v) is 6.66.